The normalized spacial score (nSPS) is 17.7. The Morgan fingerprint density at radius 2 is 1.14 bits per heavy atom. The van der Waals surface area contributed by atoms with Gasteiger partial charge in [0.2, 0.25) is 0 Å². The van der Waals surface area contributed by atoms with Crippen LogP contribution in [0, 0.1) is 0 Å². The molecule has 0 fully saturated rings. The van der Waals surface area contributed by atoms with Crippen LogP contribution in [0.5, 0.6) is 0 Å². The SMILES string of the molecule is [2H]c1c([2H])c([2H])c2c(-c3ccccc3-n3c(-c4ccccc4)nc4ccccc43)c3c([2H])c([2H])c([2H])c([2H])c3c(-c3ccc4c(c3)C(C([2H])([2H])[2H])(C([2H])([2H])[2H])c3ccccc3-4)c2c1[2H]. The molecule has 0 saturated heterocycles. The van der Waals surface area contributed by atoms with E-state index in [4.69, 9.17) is 18.7 Å². The molecule has 0 radical (unpaired) electrons. The molecule has 0 bridgehead atoms. The van der Waals surface area contributed by atoms with Crippen LogP contribution < -0.4 is 0 Å². The van der Waals surface area contributed by atoms with Crippen LogP contribution in [0.3, 0.4) is 0 Å². The maximum atomic E-state index is 9.61. The zero-order valence-electron chi connectivity index (χ0n) is 40.4. The van der Waals surface area contributed by atoms with Crippen molar-refractivity contribution in [3.05, 3.63) is 181 Å². The van der Waals surface area contributed by atoms with Crippen molar-refractivity contribution in [1.82, 2.24) is 9.55 Å². The molecule has 0 saturated carbocycles. The molecular formula is C48H34N2. The summed E-state index contributed by atoms with van der Waals surface area (Å²) in [4.78, 5) is 5.02. The lowest BCUT2D eigenvalue weighted by atomic mass is 9.80. The van der Waals surface area contributed by atoms with Gasteiger partial charge in [-0.2, -0.15) is 0 Å². The second kappa shape index (κ2) is 10.9. The van der Waals surface area contributed by atoms with Crippen LogP contribution in [0.2, 0.25) is 0 Å². The topological polar surface area (TPSA) is 17.8 Å². The molecule has 0 atom stereocenters. The number of para-hydroxylation sites is 3. The average Bonchev–Trinajstić information content (AvgIpc) is 3.82. The summed E-state index contributed by atoms with van der Waals surface area (Å²) in [6, 6.07) is 30.7. The number of hydrogen-bond acceptors (Lipinski definition) is 1. The summed E-state index contributed by atoms with van der Waals surface area (Å²) >= 11 is 0. The first kappa shape index (κ1) is 17.9. The van der Waals surface area contributed by atoms with Crippen molar-refractivity contribution in [3.8, 4) is 50.5 Å². The molecular weight excluding hydrogens is 605 g/mol. The van der Waals surface area contributed by atoms with Gasteiger partial charge < -0.3 is 0 Å². The molecule has 1 aliphatic rings. The third kappa shape index (κ3) is 4.12. The van der Waals surface area contributed by atoms with Gasteiger partial charge in [-0.15, -0.1) is 0 Å². The first-order valence-corrected chi connectivity index (χ1v) is 16.2. The second-order valence-corrected chi connectivity index (χ2v) is 12.4. The zero-order valence-corrected chi connectivity index (χ0v) is 26.4. The molecule has 1 aliphatic carbocycles. The highest BCUT2D eigenvalue weighted by atomic mass is 15.1. The molecule has 9 aromatic rings. The van der Waals surface area contributed by atoms with Crippen molar-refractivity contribution >= 4 is 32.6 Å². The highest BCUT2D eigenvalue weighted by Crippen LogP contribution is 2.51. The van der Waals surface area contributed by atoms with Crippen LogP contribution in [0.1, 0.15) is 44.0 Å². The fourth-order valence-corrected chi connectivity index (χ4v) is 7.55. The van der Waals surface area contributed by atoms with E-state index < -0.39 is 67.5 Å². The van der Waals surface area contributed by atoms with E-state index in [9.17, 15) is 5.48 Å². The summed E-state index contributed by atoms with van der Waals surface area (Å²) in [6.45, 7) is -6.25. The molecule has 50 heavy (non-hydrogen) atoms. The fraction of sp³-hybridized carbons (Fsp3) is 0.0625. The summed E-state index contributed by atoms with van der Waals surface area (Å²) in [7, 11) is 0. The van der Waals surface area contributed by atoms with Gasteiger partial charge in [-0.25, -0.2) is 4.98 Å². The Morgan fingerprint density at radius 1 is 0.540 bits per heavy atom. The van der Waals surface area contributed by atoms with Crippen molar-refractivity contribution in [1.29, 1.82) is 0 Å². The van der Waals surface area contributed by atoms with Crippen molar-refractivity contribution in [2.24, 2.45) is 0 Å². The molecule has 1 aromatic heterocycles. The summed E-state index contributed by atoms with van der Waals surface area (Å²) in [5.41, 5.74) is 1.40. The van der Waals surface area contributed by atoms with Crippen LogP contribution in [-0.2, 0) is 5.41 Å². The quantitative estimate of drug-likeness (QED) is 0.173. The number of rotatable bonds is 4. The van der Waals surface area contributed by atoms with Gasteiger partial charge in [0.1, 0.15) is 5.82 Å². The van der Waals surface area contributed by atoms with Gasteiger partial charge in [-0.1, -0.05) is 159 Å². The number of hydrogen-bond donors (Lipinski definition) is 0. The molecule has 0 N–H and O–H groups in total. The standard InChI is InChI=1S/C48H34N2/c1-48(2)40-24-12-10-18-33(40)34-29-28-32(30-41(34)48)45-35-19-6-8-21-37(35)46(38-22-9-7-20-36(38)45)39-23-11-14-26-43(39)50-44-27-15-13-25-42(44)49-47(50)31-16-4-3-5-17-31/h3-30H,1-2H3/i1D3,2D3,6D,7D,8D,9D,19D,20D,21D,22D. The first-order chi connectivity index (χ1) is 30.4. The smallest absolute Gasteiger partial charge is 0.145 e. The Balaban J connectivity index is 1.42. The van der Waals surface area contributed by atoms with E-state index in [1.54, 1.807) is 48.5 Å². The lowest BCUT2D eigenvalue weighted by Crippen LogP contribution is -2.14. The number of nitrogens with zero attached hydrogens (tertiary/aromatic N) is 2. The van der Waals surface area contributed by atoms with Gasteiger partial charge >= 0.3 is 0 Å². The highest BCUT2D eigenvalue weighted by Gasteiger charge is 2.35. The molecule has 2 heteroatoms. The van der Waals surface area contributed by atoms with E-state index in [2.05, 4.69) is 0 Å². The van der Waals surface area contributed by atoms with E-state index in [1.807, 2.05) is 65.2 Å². The van der Waals surface area contributed by atoms with E-state index in [0.717, 1.165) is 5.56 Å². The minimum Gasteiger partial charge on any atom is -0.292 e. The largest absolute Gasteiger partial charge is 0.292 e. The van der Waals surface area contributed by atoms with E-state index in [-0.39, 0.29) is 49.4 Å². The van der Waals surface area contributed by atoms with E-state index in [1.165, 1.54) is 12.1 Å². The second-order valence-electron chi connectivity index (χ2n) is 12.4. The van der Waals surface area contributed by atoms with Crippen LogP contribution >= 0.6 is 0 Å². The number of benzene rings is 8. The molecule has 0 spiro atoms. The fourth-order valence-electron chi connectivity index (χ4n) is 7.55. The third-order valence-corrected chi connectivity index (χ3v) is 9.72. The lowest BCUT2D eigenvalue weighted by Gasteiger charge is -2.23. The zero-order chi connectivity index (χ0) is 45.4. The minimum atomic E-state index is -3.13. The van der Waals surface area contributed by atoms with Crippen molar-refractivity contribution in [2.45, 2.75) is 19.1 Å². The summed E-state index contributed by atoms with van der Waals surface area (Å²) in [5.74, 6) is 0.550. The molecule has 8 aromatic carbocycles. The Morgan fingerprint density at radius 3 is 1.88 bits per heavy atom. The predicted molar refractivity (Wildman–Crippen MR) is 210 cm³/mol. The van der Waals surface area contributed by atoms with Crippen LogP contribution in [-0.4, -0.2) is 9.55 Å². The van der Waals surface area contributed by atoms with Crippen LogP contribution in [0.4, 0.5) is 0 Å². The lowest BCUT2D eigenvalue weighted by molar-refractivity contribution is 0.660. The van der Waals surface area contributed by atoms with Gasteiger partial charge in [-0.05, 0) is 84.8 Å². The van der Waals surface area contributed by atoms with Crippen molar-refractivity contribution in [2.75, 3.05) is 0 Å². The van der Waals surface area contributed by atoms with Gasteiger partial charge in [0.15, 0.2) is 0 Å². The van der Waals surface area contributed by atoms with Crippen molar-refractivity contribution in [3.63, 3.8) is 0 Å². The Kier molecular flexibility index (Phi) is 3.91. The van der Waals surface area contributed by atoms with Crippen LogP contribution in [0.15, 0.2) is 170 Å². The number of imidazole rings is 1. The Hall–Kier alpha value is -6.25. The average molecular weight is 653 g/mol. The summed E-state index contributed by atoms with van der Waals surface area (Å²) in [6.07, 6.45) is 0. The molecule has 0 amide bonds. The van der Waals surface area contributed by atoms with Crippen molar-refractivity contribution < 1.29 is 19.2 Å². The minimum absolute atomic E-state index is 0.0352. The molecule has 1 heterocycles. The maximum absolute atomic E-state index is 9.61. The molecule has 10 rings (SSSR count). The first-order valence-electron chi connectivity index (χ1n) is 23.2. The van der Waals surface area contributed by atoms with Crippen LogP contribution in [0.25, 0.3) is 83.0 Å². The number of fused-ring (bicyclic) bond motifs is 6. The van der Waals surface area contributed by atoms with Gasteiger partial charge in [0.05, 0.1) is 27.7 Å². The maximum Gasteiger partial charge on any atom is 0.145 e. The molecule has 0 unspecified atom stereocenters. The van der Waals surface area contributed by atoms with Gasteiger partial charge in [0.25, 0.3) is 0 Å². The molecule has 0 aliphatic heterocycles. The predicted octanol–water partition coefficient (Wildman–Crippen LogP) is 12.6. The van der Waals surface area contributed by atoms with E-state index >= 15 is 0 Å². The summed E-state index contributed by atoms with van der Waals surface area (Å²) < 4.78 is 129. The monoisotopic (exact) mass is 652 g/mol. The third-order valence-electron chi connectivity index (χ3n) is 9.72. The van der Waals surface area contributed by atoms with Gasteiger partial charge in [-0.3, -0.25) is 4.57 Å². The Bertz CT molecular complexity index is 3370. The molecule has 236 valence electrons. The Labute approximate surface area is 311 Å². The van der Waals surface area contributed by atoms with E-state index in [0.29, 0.717) is 39.2 Å². The van der Waals surface area contributed by atoms with Gasteiger partial charge in [0, 0.05) is 24.8 Å². The summed E-state index contributed by atoms with van der Waals surface area (Å²) in [5, 5.41) is -0.316. The molecule has 2 nitrogen and oxygen atoms in total. The number of aromatic nitrogens is 2. The highest BCUT2D eigenvalue weighted by molar-refractivity contribution is 6.22.